The Bertz CT molecular complexity index is 789. The number of Topliss-reactive ketones (excluding diaryl/α,β-unsaturated/α-hetero) is 1. The number of para-hydroxylation sites is 1. The first kappa shape index (κ1) is 14.3. The molecule has 0 radical (unpaired) electrons. The van der Waals surface area contributed by atoms with E-state index in [0.717, 1.165) is 5.56 Å². The van der Waals surface area contributed by atoms with Crippen molar-refractivity contribution in [3.63, 3.8) is 0 Å². The van der Waals surface area contributed by atoms with Gasteiger partial charge in [0.25, 0.3) is 0 Å². The van der Waals surface area contributed by atoms with Crippen molar-refractivity contribution in [3.05, 3.63) is 70.7 Å². The van der Waals surface area contributed by atoms with Gasteiger partial charge in [-0.05, 0) is 38.1 Å². The van der Waals surface area contributed by atoms with E-state index in [-0.39, 0.29) is 17.1 Å². The summed E-state index contributed by atoms with van der Waals surface area (Å²) >= 11 is 0. The van der Waals surface area contributed by atoms with Crippen LogP contribution in [0.2, 0.25) is 0 Å². The number of benzene rings is 2. The number of aliphatic hydroxyl groups is 1. The molecule has 112 valence electrons. The van der Waals surface area contributed by atoms with Crippen LogP contribution in [0.5, 0.6) is 11.5 Å². The van der Waals surface area contributed by atoms with Gasteiger partial charge in [0.05, 0.1) is 5.76 Å². The van der Waals surface area contributed by atoms with Crippen LogP contribution < -0.4 is 4.74 Å². The van der Waals surface area contributed by atoms with Gasteiger partial charge in [-0.2, -0.15) is 0 Å². The molecule has 0 unspecified atom stereocenters. The van der Waals surface area contributed by atoms with Gasteiger partial charge in [0.15, 0.2) is 5.78 Å². The maximum Gasteiger partial charge on any atom is 0.160 e. The summed E-state index contributed by atoms with van der Waals surface area (Å²) in [5.74, 6) is -0.179. The number of carbonyl (C=O) groups is 1. The van der Waals surface area contributed by atoms with Crippen LogP contribution in [0.25, 0.3) is 0 Å². The standard InChI is InChI=1S/C18H15FO3/c1-10(20)17(11(2)21)18-13-5-3-4-6-15(13)22-16-8-7-12(19)9-14(16)18/h3-9,18,20H,1-2H3/b17-10-/t18-/m1/s1. The average Bonchev–Trinajstić information content (AvgIpc) is 2.46. The van der Waals surface area contributed by atoms with Crippen LogP contribution in [-0.4, -0.2) is 10.9 Å². The number of ketones is 1. The van der Waals surface area contributed by atoms with Crippen molar-refractivity contribution in [2.45, 2.75) is 19.8 Å². The molecule has 3 nitrogen and oxygen atoms in total. The van der Waals surface area contributed by atoms with Crippen LogP contribution in [0.15, 0.2) is 53.8 Å². The minimum Gasteiger partial charge on any atom is -0.512 e. The fourth-order valence-corrected chi connectivity index (χ4v) is 2.91. The molecule has 0 aliphatic carbocycles. The summed E-state index contributed by atoms with van der Waals surface area (Å²) in [5, 5.41) is 9.98. The van der Waals surface area contributed by atoms with Gasteiger partial charge < -0.3 is 9.84 Å². The zero-order valence-corrected chi connectivity index (χ0v) is 12.3. The lowest BCUT2D eigenvalue weighted by Gasteiger charge is -2.29. The highest BCUT2D eigenvalue weighted by molar-refractivity contribution is 5.96. The van der Waals surface area contributed by atoms with Crippen LogP contribution in [0, 0.1) is 5.82 Å². The third kappa shape index (κ3) is 2.26. The molecule has 2 aromatic rings. The number of ether oxygens (including phenoxy) is 1. The van der Waals surface area contributed by atoms with Crippen LogP contribution in [-0.2, 0) is 4.79 Å². The second-order valence-corrected chi connectivity index (χ2v) is 5.31. The molecule has 0 aromatic heterocycles. The van der Waals surface area contributed by atoms with Gasteiger partial charge in [-0.25, -0.2) is 4.39 Å². The van der Waals surface area contributed by atoms with Crippen molar-refractivity contribution >= 4 is 5.78 Å². The second kappa shape index (κ2) is 5.30. The maximum absolute atomic E-state index is 13.7. The van der Waals surface area contributed by atoms with Gasteiger partial charge in [-0.3, -0.25) is 4.79 Å². The first-order chi connectivity index (χ1) is 10.5. The Morgan fingerprint density at radius 1 is 1.09 bits per heavy atom. The quantitative estimate of drug-likeness (QED) is 0.656. The predicted octanol–water partition coefficient (Wildman–Crippen LogP) is 4.48. The van der Waals surface area contributed by atoms with Gasteiger partial charge in [0.2, 0.25) is 0 Å². The van der Waals surface area contributed by atoms with E-state index >= 15 is 0 Å². The molecule has 1 aliphatic heterocycles. The lowest BCUT2D eigenvalue weighted by Crippen LogP contribution is -2.18. The van der Waals surface area contributed by atoms with Crippen LogP contribution >= 0.6 is 0 Å². The van der Waals surface area contributed by atoms with Crippen molar-refractivity contribution in [1.29, 1.82) is 0 Å². The van der Waals surface area contributed by atoms with E-state index in [1.54, 1.807) is 6.07 Å². The molecule has 1 aliphatic rings. The van der Waals surface area contributed by atoms with Gasteiger partial charge >= 0.3 is 0 Å². The molecule has 1 atom stereocenters. The van der Waals surface area contributed by atoms with Crippen LogP contribution in [0.3, 0.4) is 0 Å². The predicted molar refractivity (Wildman–Crippen MR) is 80.8 cm³/mol. The summed E-state index contributed by atoms with van der Waals surface area (Å²) in [5.41, 5.74) is 1.53. The largest absolute Gasteiger partial charge is 0.512 e. The third-order valence-electron chi connectivity index (χ3n) is 3.79. The molecule has 3 rings (SSSR count). The number of halogens is 1. The highest BCUT2D eigenvalue weighted by Crippen LogP contribution is 2.48. The zero-order chi connectivity index (χ0) is 15.9. The summed E-state index contributed by atoms with van der Waals surface area (Å²) in [6, 6.07) is 11.5. The first-order valence-electron chi connectivity index (χ1n) is 6.96. The maximum atomic E-state index is 13.7. The summed E-state index contributed by atoms with van der Waals surface area (Å²) in [7, 11) is 0. The third-order valence-corrected chi connectivity index (χ3v) is 3.79. The van der Waals surface area contributed by atoms with E-state index in [4.69, 9.17) is 4.74 Å². The summed E-state index contributed by atoms with van der Waals surface area (Å²) in [6.45, 7) is 2.86. The summed E-state index contributed by atoms with van der Waals surface area (Å²) in [4.78, 5) is 12.0. The Morgan fingerprint density at radius 3 is 2.45 bits per heavy atom. The Kier molecular flexibility index (Phi) is 3.45. The molecular weight excluding hydrogens is 283 g/mol. The van der Waals surface area contributed by atoms with Crippen molar-refractivity contribution < 1.29 is 19.0 Å². The lowest BCUT2D eigenvalue weighted by atomic mass is 9.80. The Morgan fingerprint density at radius 2 is 1.77 bits per heavy atom. The van der Waals surface area contributed by atoms with E-state index in [9.17, 15) is 14.3 Å². The molecule has 0 fully saturated rings. The number of allylic oxidation sites excluding steroid dienone is 2. The van der Waals surface area contributed by atoms with Gasteiger partial charge in [0, 0.05) is 22.6 Å². The minimum atomic E-state index is -0.543. The Hall–Kier alpha value is -2.62. The SMILES string of the molecule is CC(=O)/C(=C(\C)O)[C@@H]1c2ccccc2Oc2ccc(F)cc21. The topological polar surface area (TPSA) is 46.5 Å². The van der Waals surface area contributed by atoms with E-state index < -0.39 is 11.7 Å². The number of rotatable bonds is 2. The normalized spacial score (nSPS) is 17.0. The smallest absolute Gasteiger partial charge is 0.160 e. The van der Waals surface area contributed by atoms with Crippen molar-refractivity contribution in [3.8, 4) is 11.5 Å². The number of hydrogen-bond donors (Lipinski definition) is 1. The number of hydrogen-bond acceptors (Lipinski definition) is 3. The van der Waals surface area contributed by atoms with E-state index in [1.165, 1.54) is 32.0 Å². The molecule has 1 N–H and O–H groups in total. The van der Waals surface area contributed by atoms with Crippen LogP contribution in [0.1, 0.15) is 30.9 Å². The Labute approximate surface area is 127 Å². The monoisotopic (exact) mass is 298 g/mol. The highest BCUT2D eigenvalue weighted by atomic mass is 19.1. The second-order valence-electron chi connectivity index (χ2n) is 5.31. The highest BCUT2D eigenvalue weighted by Gasteiger charge is 2.33. The summed E-state index contributed by atoms with van der Waals surface area (Å²) < 4.78 is 19.5. The molecule has 1 heterocycles. The summed E-state index contributed by atoms with van der Waals surface area (Å²) in [6.07, 6.45) is 0. The molecule has 0 spiro atoms. The molecule has 22 heavy (non-hydrogen) atoms. The molecule has 2 aromatic carbocycles. The average molecular weight is 298 g/mol. The van der Waals surface area contributed by atoms with Gasteiger partial charge in [-0.1, -0.05) is 18.2 Å². The van der Waals surface area contributed by atoms with E-state index in [1.807, 2.05) is 18.2 Å². The fraction of sp³-hybridized carbons (Fsp3) is 0.167. The Balaban J connectivity index is 2.31. The first-order valence-corrected chi connectivity index (χ1v) is 6.96. The fourth-order valence-electron chi connectivity index (χ4n) is 2.91. The number of carbonyl (C=O) groups excluding carboxylic acids is 1. The minimum absolute atomic E-state index is 0.0654. The molecule has 0 saturated heterocycles. The molecule has 0 bridgehead atoms. The molecule has 0 saturated carbocycles. The lowest BCUT2D eigenvalue weighted by molar-refractivity contribution is -0.114. The molecule has 0 amide bonds. The van der Waals surface area contributed by atoms with E-state index in [0.29, 0.717) is 17.1 Å². The van der Waals surface area contributed by atoms with Crippen molar-refractivity contribution in [2.75, 3.05) is 0 Å². The number of aliphatic hydroxyl groups excluding tert-OH is 1. The van der Waals surface area contributed by atoms with E-state index in [2.05, 4.69) is 0 Å². The van der Waals surface area contributed by atoms with Crippen molar-refractivity contribution in [1.82, 2.24) is 0 Å². The van der Waals surface area contributed by atoms with Gasteiger partial charge in [0.1, 0.15) is 17.3 Å². The zero-order valence-electron chi connectivity index (χ0n) is 12.3. The molecular formula is C18H15FO3. The van der Waals surface area contributed by atoms with Crippen LogP contribution in [0.4, 0.5) is 4.39 Å². The van der Waals surface area contributed by atoms with Crippen molar-refractivity contribution in [2.24, 2.45) is 0 Å². The molecule has 4 heteroatoms. The number of fused-ring (bicyclic) bond motifs is 2. The van der Waals surface area contributed by atoms with Gasteiger partial charge in [-0.15, -0.1) is 0 Å².